The zero-order valence-electron chi connectivity index (χ0n) is 12.3. The number of hydrogen-bond acceptors (Lipinski definition) is 6. The van der Waals surface area contributed by atoms with Crippen molar-refractivity contribution in [2.75, 3.05) is 13.2 Å². The van der Waals surface area contributed by atoms with Crippen molar-refractivity contribution in [2.24, 2.45) is 0 Å². The fourth-order valence-electron chi connectivity index (χ4n) is 2.20. The average Bonchev–Trinajstić information content (AvgIpc) is 3.17. The van der Waals surface area contributed by atoms with Gasteiger partial charge in [-0.1, -0.05) is 0 Å². The molecule has 1 N–H and O–H groups in total. The van der Waals surface area contributed by atoms with Crippen LogP contribution in [0, 0.1) is 0 Å². The van der Waals surface area contributed by atoms with Gasteiger partial charge in [-0.15, -0.1) is 0 Å². The van der Waals surface area contributed by atoms with Crippen molar-refractivity contribution in [1.29, 1.82) is 0 Å². The van der Waals surface area contributed by atoms with Crippen molar-refractivity contribution >= 4 is 24.1 Å². The molecule has 0 aliphatic heterocycles. The lowest BCUT2D eigenvalue weighted by Crippen LogP contribution is -2.11. The third-order valence-electron chi connectivity index (χ3n) is 3.06. The van der Waals surface area contributed by atoms with Gasteiger partial charge in [0.25, 0.3) is 0 Å². The monoisotopic (exact) mass is 321 g/mol. The van der Waals surface area contributed by atoms with Crippen LogP contribution in [0.1, 0.15) is 13.8 Å². The average molecular weight is 321 g/mol. The summed E-state index contributed by atoms with van der Waals surface area (Å²) >= 11 is 0. The number of H-pyrrole nitrogens is 1. The van der Waals surface area contributed by atoms with E-state index in [4.69, 9.17) is 13.5 Å². The molecule has 0 aliphatic carbocycles. The molecule has 3 rings (SSSR count). The molecule has 0 bridgehead atoms. The predicted molar refractivity (Wildman–Crippen MR) is 82.1 cm³/mol. The second kappa shape index (κ2) is 6.04. The number of fused-ring (bicyclic) bond motifs is 1. The molecule has 0 aliphatic rings. The predicted octanol–water partition coefficient (Wildman–Crippen LogP) is 3.11. The molecule has 0 saturated carbocycles. The normalized spacial score (nSPS) is 12.1. The Morgan fingerprint density at radius 2 is 2.05 bits per heavy atom. The molecule has 3 aromatic heterocycles. The fourth-order valence-corrected chi connectivity index (χ4v) is 3.76. The maximum atomic E-state index is 12.8. The highest BCUT2D eigenvalue weighted by Gasteiger charge is 2.29. The van der Waals surface area contributed by atoms with Gasteiger partial charge in [-0.05, 0) is 32.0 Å². The Morgan fingerprint density at radius 3 is 2.68 bits per heavy atom. The van der Waals surface area contributed by atoms with E-state index < -0.39 is 7.60 Å². The minimum absolute atomic E-state index is 0.281. The molecule has 0 amide bonds. The van der Waals surface area contributed by atoms with E-state index in [-0.39, 0.29) is 13.2 Å². The number of rotatable bonds is 6. The molecule has 3 aromatic rings. The SMILES string of the molecule is CCOP(=O)(OCC)c1cc2c(-c3ccco3)ncnc2[nH]1. The van der Waals surface area contributed by atoms with Crippen molar-refractivity contribution in [2.45, 2.75) is 13.8 Å². The van der Waals surface area contributed by atoms with E-state index in [9.17, 15) is 4.57 Å². The topological polar surface area (TPSA) is 90.2 Å². The summed E-state index contributed by atoms with van der Waals surface area (Å²) in [5.41, 5.74) is 1.53. The first-order chi connectivity index (χ1) is 10.7. The molecule has 0 aromatic carbocycles. The Bertz CT molecular complexity index is 803. The van der Waals surface area contributed by atoms with Gasteiger partial charge in [0.05, 0.1) is 19.5 Å². The van der Waals surface area contributed by atoms with Crippen LogP contribution in [0.5, 0.6) is 0 Å². The Hall–Kier alpha value is -1.95. The van der Waals surface area contributed by atoms with Crippen molar-refractivity contribution in [3.8, 4) is 11.5 Å². The summed E-state index contributed by atoms with van der Waals surface area (Å²) in [5.74, 6) is 0.612. The lowest BCUT2D eigenvalue weighted by atomic mass is 10.2. The largest absolute Gasteiger partial charge is 0.463 e. The van der Waals surface area contributed by atoms with Gasteiger partial charge in [-0.2, -0.15) is 0 Å². The molecule has 8 heteroatoms. The van der Waals surface area contributed by atoms with Crippen LogP contribution in [0.4, 0.5) is 0 Å². The highest BCUT2D eigenvalue weighted by molar-refractivity contribution is 7.62. The molecule has 22 heavy (non-hydrogen) atoms. The van der Waals surface area contributed by atoms with Crippen LogP contribution in [0.15, 0.2) is 35.2 Å². The second-order valence-electron chi connectivity index (χ2n) is 4.45. The van der Waals surface area contributed by atoms with Gasteiger partial charge in [0.1, 0.15) is 23.1 Å². The summed E-state index contributed by atoms with van der Waals surface area (Å²) < 4.78 is 28.9. The lowest BCUT2D eigenvalue weighted by molar-refractivity contribution is 0.229. The maximum absolute atomic E-state index is 12.8. The quantitative estimate of drug-likeness (QED) is 0.702. The van der Waals surface area contributed by atoms with E-state index in [0.29, 0.717) is 27.9 Å². The van der Waals surface area contributed by atoms with E-state index in [1.54, 1.807) is 38.3 Å². The number of aromatic nitrogens is 3. The van der Waals surface area contributed by atoms with Crippen LogP contribution in [-0.2, 0) is 13.6 Å². The third-order valence-corrected chi connectivity index (χ3v) is 5.09. The van der Waals surface area contributed by atoms with E-state index >= 15 is 0 Å². The molecule has 0 radical (unpaired) electrons. The van der Waals surface area contributed by atoms with Crippen LogP contribution in [-0.4, -0.2) is 28.2 Å². The molecule has 116 valence electrons. The van der Waals surface area contributed by atoms with Crippen molar-refractivity contribution < 1.29 is 18.0 Å². The molecule has 0 saturated heterocycles. The Labute approximate surface area is 127 Å². The van der Waals surface area contributed by atoms with Crippen LogP contribution in [0.2, 0.25) is 0 Å². The van der Waals surface area contributed by atoms with Crippen molar-refractivity contribution in [1.82, 2.24) is 15.0 Å². The van der Waals surface area contributed by atoms with Gasteiger partial charge in [0.15, 0.2) is 5.76 Å². The van der Waals surface area contributed by atoms with Crippen LogP contribution in [0.3, 0.4) is 0 Å². The molecule has 7 nitrogen and oxygen atoms in total. The van der Waals surface area contributed by atoms with Crippen LogP contribution < -0.4 is 5.44 Å². The third kappa shape index (κ3) is 2.59. The van der Waals surface area contributed by atoms with E-state index in [0.717, 1.165) is 0 Å². The van der Waals surface area contributed by atoms with Gasteiger partial charge >= 0.3 is 7.60 Å². The first-order valence-corrected chi connectivity index (χ1v) is 8.49. The summed E-state index contributed by atoms with van der Waals surface area (Å²) in [5, 5.41) is 0.701. The number of nitrogens with zero attached hydrogens (tertiary/aromatic N) is 2. The molecular weight excluding hydrogens is 305 g/mol. The number of furan rings is 1. The highest BCUT2D eigenvalue weighted by atomic mass is 31.2. The summed E-state index contributed by atoms with van der Waals surface area (Å²) in [7, 11) is -3.39. The molecule has 0 fully saturated rings. The first kappa shape index (κ1) is 15.0. The summed E-state index contributed by atoms with van der Waals surface area (Å²) in [6, 6.07) is 5.28. The van der Waals surface area contributed by atoms with Gasteiger partial charge in [0, 0.05) is 5.39 Å². The smallest absolute Gasteiger partial charge is 0.377 e. The van der Waals surface area contributed by atoms with Crippen molar-refractivity contribution in [3.63, 3.8) is 0 Å². The number of hydrogen-bond donors (Lipinski definition) is 1. The molecule has 3 heterocycles. The zero-order chi connectivity index (χ0) is 15.6. The van der Waals surface area contributed by atoms with Gasteiger partial charge in [-0.25, -0.2) is 9.97 Å². The lowest BCUT2D eigenvalue weighted by Gasteiger charge is -2.14. The number of nitrogens with one attached hydrogen (secondary N) is 1. The highest BCUT2D eigenvalue weighted by Crippen LogP contribution is 2.47. The Balaban J connectivity index is 2.14. The summed E-state index contributed by atoms with van der Waals surface area (Å²) in [6.45, 7) is 4.09. The minimum atomic E-state index is -3.39. The maximum Gasteiger partial charge on any atom is 0.377 e. The van der Waals surface area contributed by atoms with E-state index in [1.807, 2.05) is 0 Å². The van der Waals surface area contributed by atoms with Gasteiger partial charge < -0.3 is 18.4 Å². The van der Waals surface area contributed by atoms with Crippen molar-refractivity contribution in [3.05, 3.63) is 30.8 Å². The molecular formula is C14H16N3O4P. The van der Waals surface area contributed by atoms with Crippen LogP contribution >= 0.6 is 7.60 Å². The Morgan fingerprint density at radius 1 is 1.27 bits per heavy atom. The minimum Gasteiger partial charge on any atom is -0.463 e. The zero-order valence-corrected chi connectivity index (χ0v) is 13.2. The van der Waals surface area contributed by atoms with Crippen LogP contribution in [0.25, 0.3) is 22.5 Å². The van der Waals surface area contributed by atoms with Gasteiger partial charge in [-0.3, -0.25) is 4.57 Å². The molecule has 0 unspecified atom stereocenters. The van der Waals surface area contributed by atoms with E-state index in [1.165, 1.54) is 6.33 Å². The Kier molecular flexibility index (Phi) is 4.11. The van der Waals surface area contributed by atoms with Gasteiger partial charge in [0.2, 0.25) is 0 Å². The molecule has 0 atom stereocenters. The summed E-state index contributed by atoms with van der Waals surface area (Å²) in [4.78, 5) is 11.4. The number of aromatic amines is 1. The van der Waals surface area contributed by atoms with E-state index in [2.05, 4.69) is 15.0 Å². The fraction of sp³-hybridized carbons (Fsp3) is 0.286. The first-order valence-electron chi connectivity index (χ1n) is 6.95. The standard InChI is InChI=1S/C14H16N3O4P/c1-3-20-22(18,21-4-2)12-8-10-13(11-6-5-7-19-11)15-9-16-14(10)17-12/h5-9H,3-4H2,1-2H3,(H,15,16,17). The molecule has 0 spiro atoms. The second-order valence-corrected chi connectivity index (χ2v) is 6.44. The summed E-state index contributed by atoms with van der Waals surface area (Å²) in [6.07, 6.45) is 2.99.